The van der Waals surface area contributed by atoms with Crippen molar-refractivity contribution in [2.24, 2.45) is 17.8 Å². The number of amides is 1. The molecule has 0 spiro atoms. The van der Waals surface area contributed by atoms with Crippen LogP contribution in [0.25, 0.3) is 6.08 Å². The highest BCUT2D eigenvalue weighted by Gasteiger charge is 2.33. The largest absolute Gasteiger partial charge is 0.481 e. The van der Waals surface area contributed by atoms with Gasteiger partial charge in [0.15, 0.2) is 0 Å². The fourth-order valence-corrected chi connectivity index (χ4v) is 3.91. The second-order valence-corrected chi connectivity index (χ2v) is 8.77. The van der Waals surface area contributed by atoms with E-state index >= 15 is 0 Å². The minimum Gasteiger partial charge on any atom is -0.481 e. The maximum Gasteiger partial charge on any atom is 0.347 e. The highest BCUT2D eigenvalue weighted by atomic mass is 16.4. The highest BCUT2D eigenvalue weighted by Crippen LogP contribution is 2.25. The molecule has 0 bridgehead atoms. The van der Waals surface area contributed by atoms with Gasteiger partial charge in [-0.3, -0.25) is 19.6 Å². The number of rotatable bonds is 11. The van der Waals surface area contributed by atoms with Gasteiger partial charge in [0.05, 0.1) is 18.4 Å². The molecule has 0 aliphatic heterocycles. The maximum absolute atomic E-state index is 13.2. The van der Waals surface area contributed by atoms with Crippen LogP contribution in [0.2, 0.25) is 0 Å². The van der Waals surface area contributed by atoms with Crippen LogP contribution >= 0.6 is 0 Å². The highest BCUT2D eigenvalue weighted by molar-refractivity contribution is 5.90. The fraction of sp³-hybridized carbons (Fsp3) is 0.296. The molecule has 0 saturated carbocycles. The van der Waals surface area contributed by atoms with Gasteiger partial charge in [-0.15, -0.1) is 0 Å². The van der Waals surface area contributed by atoms with Crippen LogP contribution in [0.5, 0.6) is 0 Å². The monoisotopic (exact) mass is 461 g/mol. The average molecular weight is 462 g/mol. The Morgan fingerprint density at radius 2 is 1.62 bits per heavy atom. The van der Waals surface area contributed by atoms with Gasteiger partial charge in [0.1, 0.15) is 0 Å². The first-order chi connectivity index (χ1) is 16.3. The van der Waals surface area contributed by atoms with Gasteiger partial charge in [-0.05, 0) is 29.9 Å². The Balaban J connectivity index is 1.75. The molecule has 7 nitrogen and oxygen atoms in total. The number of allylic oxidation sites excluding steroid dienone is 1. The zero-order valence-electron chi connectivity index (χ0n) is 19.5. The molecule has 2 N–H and O–H groups in total. The number of aromatic nitrogens is 2. The normalized spacial score (nSPS) is 13.1. The summed E-state index contributed by atoms with van der Waals surface area (Å²) in [5.41, 5.74) is 4.15. The first kappa shape index (κ1) is 24.8. The molecule has 34 heavy (non-hydrogen) atoms. The number of benzene rings is 2. The van der Waals surface area contributed by atoms with Gasteiger partial charge in [-0.2, -0.15) is 0 Å². The molecule has 3 rings (SSSR count). The lowest BCUT2D eigenvalue weighted by Gasteiger charge is -2.24. The Morgan fingerprint density at radius 3 is 2.24 bits per heavy atom. The SMILES string of the molecule is CC(C)C[C@@H](C(=O)Nn1ccn(Cc2ccccc2)c1=O)[C@H](C/C=C/c1ccccc1)C(=O)O. The second kappa shape index (κ2) is 11.8. The number of carboxylic acid groups (broad SMARTS) is 1. The molecule has 3 aromatic rings. The molecule has 2 atom stereocenters. The Labute approximate surface area is 199 Å². The van der Waals surface area contributed by atoms with Crippen LogP contribution in [0, 0.1) is 17.8 Å². The van der Waals surface area contributed by atoms with Crippen LogP contribution < -0.4 is 11.1 Å². The van der Waals surface area contributed by atoms with Crippen molar-refractivity contribution in [3.05, 3.63) is 101 Å². The van der Waals surface area contributed by atoms with Crippen molar-refractivity contribution < 1.29 is 14.7 Å². The van der Waals surface area contributed by atoms with Crippen molar-refractivity contribution in [3.8, 4) is 0 Å². The Kier molecular flexibility index (Phi) is 8.62. The molecule has 0 unspecified atom stereocenters. The number of carbonyl (C=O) groups excluding carboxylic acids is 1. The number of carbonyl (C=O) groups is 2. The molecule has 178 valence electrons. The first-order valence-corrected chi connectivity index (χ1v) is 11.4. The standard InChI is InChI=1S/C27H31N3O4/c1-20(2)18-24(23(26(32)33)15-9-14-21-10-5-3-6-11-21)25(31)28-30-17-16-29(27(30)34)19-22-12-7-4-8-13-22/h3-14,16-17,20,23-24H,15,18-19H2,1-2H3,(H,28,31)(H,32,33)/b14-9+/t23-,24+/m0/s1. The number of carboxylic acids is 1. The van der Waals surface area contributed by atoms with E-state index < -0.39 is 29.4 Å². The topological polar surface area (TPSA) is 93.3 Å². The van der Waals surface area contributed by atoms with Gasteiger partial charge in [0, 0.05) is 12.4 Å². The van der Waals surface area contributed by atoms with Gasteiger partial charge < -0.3 is 5.11 Å². The van der Waals surface area contributed by atoms with Gasteiger partial charge >= 0.3 is 11.7 Å². The van der Waals surface area contributed by atoms with Gasteiger partial charge in [0.25, 0.3) is 0 Å². The van der Waals surface area contributed by atoms with Crippen molar-refractivity contribution in [2.75, 3.05) is 5.43 Å². The van der Waals surface area contributed by atoms with Crippen molar-refractivity contribution in [1.82, 2.24) is 9.24 Å². The Bertz CT molecular complexity index is 1160. The first-order valence-electron chi connectivity index (χ1n) is 11.4. The van der Waals surface area contributed by atoms with Gasteiger partial charge in [-0.25, -0.2) is 9.47 Å². The predicted molar refractivity (Wildman–Crippen MR) is 133 cm³/mol. The van der Waals surface area contributed by atoms with Crippen LogP contribution in [0.4, 0.5) is 0 Å². The summed E-state index contributed by atoms with van der Waals surface area (Å²) >= 11 is 0. The van der Waals surface area contributed by atoms with E-state index in [2.05, 4.69) is 5.43 Å². The molecule has 1 heterocycles. The fourth-order valence-electron chi connectivity index (χ4n) is 3.91. The lowest BCUT2D eigenvalue weighted by atomic mass is 9.82. The predicted octanol–water partition coefficient (Wildman–Crippen LogP) is 4.23. The Morgan fingerprint density at radius 1 is 0.971 bits per heavy atom. The van der Waals surface area contributed by atoms with Crippen molar-refractivity contribution in [3.63, 3.8) is 0 Å². The van der Waals surface area contributed by atoms with E-state index in [1.807, 2.05) is 80.6 Å². The van der Waals surface area contributed by atoms with Crippen molar-refractivity contribution in [1.29, 1.82) is 0 Å². The molecule has 7 heteroatoms. The summed E-state index contributed by atoms with van der Waals surface area (Å²) in [6.45, 7) is 4.27. The van der Waals surface area contributed by atoms with Crippen LogP contribution in [-0.2, 0) is 16.1 Å². The molecule has 1 aromatic heterocycles. The number of nitrogens with one attached hydrogen (secondary N) is 1. The second-order valence-electron chi connectivity index (χ2n) is 8.77. The number of hydrogen-bond acceptors (Lipinski definition) is 3. The average Bonchev–Trinajstić information content (AvgIpc) is 3.15. The van der Waals surface area contributed by atoms with Crippen molar-refractivity contribution >= 4 is 18.0 Å². The molecular weight excluding hydrogens is 430 g/mol. The number of imidazole rings is 1. The third kappa shape index (κ3) is 6.81. The zero-order chi connectivity index (χ0) is 24.5. The molecule has 2 aromatic carbocycles. The smallest absolute Gasteiger partial charge is 0.347 e. The summed E-state index contributed by atoms with van der Waals surface area (Å²) in [6.07, 6.45) is 7.33. The van der Waals surface area contributed by atoms with Crippen LogP contribution in [0.3, 0.4) is 0 Å². The zero-order valence-corrected chi connectivity index (χ0v) is 19.5. The molecule has 0 saturated heterocycles. The van der Waals surface area contributed by atoms with E-state index in [4.69, 9.17) is 0 Å². The van der Waals surface area contributed by atoms with E-state index in [1.54, 1.807) is 12.3 Å². The van der Waals surface area contributed by atoms with Crippen LogP contribution in [0.15, 0.2) is 83.9 Å². The summed E-state index contributed by atoms with van der Waals surface area (Å²) in [5.74, 6) is -3.11. The van der Waals surface area contributed by atoms with Gasteiger partial charge in [-0.1, -0.05) is 86.7 Å². The lowest BCUT2D eigenvalue weighted by molar-refractivity contribution is -0.146. The molecule has 0 aliphatic rings. The van der Waals surface area contributed by atoms with Crippen LogP contribution in [0.1, 0.15) is 37.8 Å². The van der Waals surface area contributed by atoms with E-state index in [1.165, 1.54) is 10.8 Å². The quantitative estimate of drug-likeness (QED) is 0.447. The van der Waals surface area contributed by atoms with Gasteiger partial charge in [0.2, 0.25) is 5.91 Å². The summed E-state index contributed by atoms with van der Waals surface area (Å²) in [5, 5.41) is 9.91. The van der Waals surface area contributed by atoms with E-state index in [0.29, 0.717) is 13.0 Å². The third-order valence-electron chi connectivity index (χ3n) is 5.64. The summed E-state index contributed by atoms with van der Waals surface area (Å²) in [7, 11) is 0. The minimum absolute atomic E-state index is 0.107. The minimum atomic E-state index is -1.03. The van der Waals surface area contributed by atoms with E-state index in [0.717, 1.165) is 15.8 Å². The number of hydrogen-bond donors (Lipinski definition) is 2. The number of nitrogens with zero attached hydrogens (tertiary/aromatic N) is 2. The third-order valence-corrected chi connectivity index (χ3v) is 5.64. The van der Waals surface area contributed by atoms with Crippen LogP contribution in [-0.4, -0.2) is 26.2 Å². The Hall–Kier alpha value is -3.87. The molecule has 0 aliphatic carbocycles. The summed E-state index contributed by atoms with van der Waals surface area (Å²) in [4.78, 5) is 38.1. The molecular formula is C27H31N3O4. The molecule has 1 amide bonds. The molecule has 0 radical (unpaired) electrons. The lowest BCUT2D eigenvalue weighted by Crippen LogP contribution is -2.41. The summed E-state index contributed by atoms with van der Waals surface area (Å²) < 4.78 is 2.61. The van der Waals surface area contributed by atoms with Crippen molar-refractivity contribution in [2.45, 2.75) is 33.2 Å². The molecule has 0 fully saturated rings. The number of aliphatic carboxylic acids is 1. The van der Waals surface area contributed by atoms with E-state index in [-0.39, 0.29) is 12.3 Å². The maximum atomic E-state index is 13.2. The summed E-state index contributed by atoms with van der Waals surface area (Å²) in [6, 6.07) is 19.1. The van der Waals surface area contributed by atoms with E-state index in [9.17, 15) is 19.5 Å².